The number of aromatic nitrogens is 1. The van der Waals surface area contributed by atoms with Crippen LogP contribution in [0.25, 0.3) is 0 Å². The van der Waals surface area contributed by atoms with Crippen molar-refractivity contribution in [2.24, 2.45) is 4.36 Å². The molecule has 0 aliphatic carbocycles. The fourth-order valence-electron chi connectivity index (χ4n) is 1.09. The van der Waals surface area contributed by atoms with Gasteiger partial charge >= 0.3 is 0 Å². The second-order valence-corrected chi connectivity index (χ2v) is 5.66. The Balaban J connectivity index is 2.77. The lowest BCUT2D eigenvalue weighted by Gasteiger charge is -2.07. The standard InChI is InChI=1S/C6H6N2O2S2/c1-12(10)6-4(11-3-7-6)2-5(9)8-12/h3H,2H2,1H3. The van der Waals surface area contributed by atoms with Crippen LogP contribution in [0.15, 0.2) is 14.9 Å². The molecular weight excluding hydrogens is 196 g/mol. The number of hydrogen-bond acceptors (Lipinski definition) is 4. The van der Waals surface area contributed by atoms with Gasteiger partial charge in [-0.3, -0.25) is 4.79 Å². The zero-order valence-electron chi connectivity index (χ0n) is 6.31. The summed E-state index contributed by atoms with van der Waals surface area (Å²) in [6, 6.07) is 0. The fourth-order valence-corrected chi connectivity index (χ4v) is 3.70. The lowest BCUT2D eigenvalue weighted by molar-refractivity contribution is -0.117. The van der Waals surface area contributed by atoms with Gasteiger partial charge in [0, 0.05) is 6.26 Å². The first-order valence-electron chi connectivity index (χ1n) is 3.27. The molecule has 1 unspecified atom stereocenters. The van der Waals surface area contributed by atoms with Crippen LogP contribution >= 0.6 is 11.3 Å². The lowest BCUT2D eigenvalue weighted by atomic mass is 10.4. The summed E-state index contributed by atoms with van der Waals surface area (Å²) < 4.78 is 15.2. The highest BCUT2D eigenvalue weighted by Crippen LogP contribution is 2.24. The topological polar surface area (TPSA) is 59.4 Å². The molecule has 1 aliphatic heterocycles. The van der Waals surface area contributed by atoms with E-state index in [1.807, 2.05) is 0 Å². The SMILES string of the molecule is CS1(=O)=NC(=O)Cc2scnc21. The molecule has 0 saturated heterocycles. The summed E-state index contributed by atoms with van der Waals surface area (Å²) in [5, 5.41) is 0.493. The minimum Gasteiger partial charge on any atom is -0.272 e. The summed E-state index contributed by atoms with van der Waals surface area (Å²) in [5.41, 5.74) is 1.60. The molecule has 1 atom stereocenters. The molecule has 0 fully saturated rings. The smallest absolute Gasteiger partial charge is 0.259 e. The Hall–Kier alpha value is -0.750. The molecule has 12 heavy (non-hydrogen) atoms. The largest absolute Gasteiger partial charge is 0.272 e. The Morgan fingerprint density at radius 1 is 1.67 bits per heavy atom. The van der Waals surface area contributed by atoms with Crippen molar-refractivity contribution in [2.75, 3.05) is 6.26 Å². The van der Waals surface area contributed by atoms with Crippen LogP contribution in [0.3, 0.4) is 0 Å². The summed E-state index contributed by atoms with van der Waals surface area (Å²) >= 11 is 1.36. The zero-order chi connectivity index (χ0) is 8.77. The average Bonchev–Trinajstić information content (AvgIpc) is 2.32. The molecule has 0 spiro atoms. The Morgan fingerprint density at radius 3 is 3.17 bits per heavy atom. The van der Waals surface area contributed by atoms with Gasteiger partial charge in [-0.25, -0.2) is 9.19 Å². The quantitative estimate of drug-likeness (QED) is 0.621. The van der Waals surface area contributed by atoms with Gasteiger partial charge < -0.3 is 0 Å². The first-order valence-corrected chi connectivity index (χ1v) is 6.07. The van der Waals surface area contributed by atoms with Gasteiger partial charge in [0.25, 0.3) is 5.91 Å². The van der Waals surface area contributed by atoms with Crippen molar-refractivity contribution in [3.8, 4) is 0 Å². The number of amides is 1. The summed E-state index contributed by atoms with van der Waals surface area (Å²) in [6.45, 7) is 0. The number of fused-ring (bicyclic) bond motifs is 1. The number of hydrogen-bond donors (Lipinski definition) is 0. The molecule has 0 bridgehead atoms. The monoisotopic (exact) mass is 202 g/mol. The fraction of sp³-hybridized carbons (Fsp3) is 0.333. The molecule has 0 aromatic carbocycles. The minimum atomic E-state index is -2.52. The molecule has 0 radical (unpaired) electrons. The van der Waals surface area contributed by atoms with E-state index in [1.54, 1.807) is 5.51 Å². The predicted octanol–water partition coefficient (Wildman–Crippen LogP) is 0.683. The van der Waals surface area contributed by atoms with E-state index in [2.05, 4.69) is 9.35 Å². The van der Waals surface area contributed by atoms with Gasteiger partial charge in [0.05, 0.1) is 26.5 Å². The minimum absolute atomic E-state index is 0.255. The Morgan fingerprint density at radius 2 is 2.42 bits per heavy atom. The van der Waals surface area contributed by atoms with Crippen molar-refractivity contribution >= 4 is 27.0 Å². The predicted molar refractivity (Wildman–Crippen MR) is 45.6 cm³/mol. The molecule has 0 saturated carbocycles. The zero-order valence-corrected chi connectivity index (χ0v) is 7.94. The van der Waals surface area contributed by atoms with Gasteiger partial charge in [-0.05, 0) is 0 Å². The molecule has 64 valence electrons. The molecule has 1 aliphatic rings. The highest BCUT2D eigenvalue weighted by Gasteiger charge is 2.23. The van der Waals surface area contributed by atoms with E-state index < -0.39 is 9.73 Å². The third kappa shape index (κ3) is 1.07. The van der Waals surface area contributed by atoms with Crippen LogP contribution in [0.5, 0.6) is 0 Å². The van der Waals surface area contributed by atoms with Crippen LogP contribution in [0.4, 0.5) is 0 Å². The lowest BCUT2D eigenvalue weighted by Crippen LogP contribution is -2.13. The third-order valence-corrected chi connectivity index (χ3v) is 4.13. The molecule has 4 nitrogen and oxygen atoms in total. The molecule has 1 aromatic rings. The maximum Gasteiger partial charge on any atom is 0.259 e. The number of carbonyl (C=O) groups is 1. The van der Waals surface area contributed by atoms with Crippen molar-refractivity contribution in [1.82, 2.24) is 4.98 Å². The third-order valence-electron chi connectivity index (χ3n) is 1.55. The van der Waals surface area contributed by atoms with E-state index >= 15 is 0 Å². The van der Waals surface area contributed by atoms with Crippen LogP contribution in [0.1, 0.15) is 4.88 Å². The maximum absolute atomic E-state index is 11.7. The highest BCUT2D eigenvalue weighted by molar-refractivity contribution is 7.93. The second kappa shape index (κ2) is 2.37. The van der Waals surface area contributed by atoms with Crippen molar-refractivity contribution in [1.29, 1.82) is 0 Å². The van der Waals surface area contributed by atoms with Gasteiger partial charge in [0.15, 0.2) is 5.03 Å². The second-order valence-electron chi connectivity index (χ2n) is 2.55. The van der Waals surface area contributed by atoms with E-state index in [0.717, 1.165) is 4.88 Å². The molecule has 6 heteroatoms. The highest BCUT2D eigenvalue weighted by atomic mass is 32.2. The maximum atomic E-state index is 11.7. The van der Waals surface area contributed by atoms with Gasteiger partial charge in [0.2, 0.25) is 0 Å². The van der Waals surface area contributed by atoms with E-state index in [1.165, 1.54) is 17.6 Å². The summed E-state index contributed by atoms with van der Waals surface area (Å²) in [6.07, 6.45) is 1.70. The van der Waals surface area contributed by atoms with Gasteiger partial charge in [-0.2, -0.15) is 4.36 Å². The van der Waals surface area contributed by atoms with Crippen LogP contribution in [0.2, 0.25) is 0 Å². The molecule has 0 N–H and O–H groups in total. The summed E-state index contributed by atoms with van der Waals surface area (Å²) in [5.74, 6) is -0.306. The van der Waals surface area contributed by atoms with Crippen molar-refractivity contribution in [3.63, 3.8) is 0 Å². The van der Waals surface area contributed by atoms with E-state index in [-0.39, 0.29) is 12.3 Å². The van der Waals surface area contributed by atoms with E-state index in [0.29, 0.717) is 5.03 Å². The average molecular weight is 202 g/mol. The summed E-state index contributed by atoms with van der Waals surface area (Å²) in [4.78, 5) is 15.7. The van der Waals surface area contributed by atoms with E-state index in [4.69, 9.17) is 0 Å². The van der Waals surface area contributed by atoms with Crippen molar-refractivity contribution < 1.29 is 9.00 Å². The summed E-state index contributed by atoms with van der Waals surface area (Å²) in [7, 11) is -2.52. The van der Waals surface area contributed by atoms with Crippen LogP contribution in [-0.2, 0) is 20.9 Å². The Labute approximate surface area is 73.8 Å². The number of carbonyl (C=O) groups excluding carboxylic acids is 1. The molecule has 1 aromatic heterocycles. The number of thiazole rings is 1. The van der Waals surface area contributed by atoms with Crippen LogP contribution < -0.4 is 0 Å². The normalized spacial score (nSPS) is 27.9. The Bertz CT molecular complexity index is 454. The number of rotatable bonds is 0. The molecule has 1 amide bonds. The van der Waals surface area contributed by atoms with Crippen molar-refractivity contribution in [3.05, 3.63) is 10.4 Å². The van der Waals surface area contributed by atoms with Gasteiger partial charge in [0.1, 0.15) is 0 Å². The molecule has 2 rings (SSSR count). The Kier molecular flexibility index (Phi) is 1.55. The first kappa shape index (κ1) is 7.88. The molecule has 2 heterocycles. The first-order chi connectivity index (χ1) is 5.59. The van der Waals surface area contributed by atoms with Crippen LogP contribution in [0, 0.1) is 0 Å². The molecular formula is C6H6N2O2S2. The van der Waals surface area contributed by atoms with Crippen molar-refractivity contribution in [2.45, 2.75) is 11.4 Å². The van der Waals surface area contributed by atoms with Gasteiger partial charge in [-0.1, -0.05) is 0 Å². The number of nitrogens with zero attached hydrogens (tertiary/aromatic N) is 2. The van der Waals surface area contributed by atoms with Crippen LogP contribution in [-0.4, -0.2) is 21.4 Å². The van der Waals surface area contributed by atoms with Gasteiger partial charge in [-0.15, -0.1) is 11.3 Å². The van der Waals surface area contributed by atoms with E-state index in [9.17, 15) is 9.00 Å².